The zero-order valence-corrected chi connectivity index (χ0v) is 12.2. The Bertz CT molecular complexity index is 722. The minimum atomic E-state index is -0.0910. The summed E-state index contributed by atoms with van der Waals surface area (Å²) in [7, 11) is 0. The monoisotopic (exact) mass is 297 g/mol. The van der Waals surface area contributed by atoms with Crippen molar-refractivity contribution in [1.82, 2.24) is 4.98 Å². The second-order valence-electron chi connectivity index (χ2n) is 5.10. The maximum Gasteiger partial charge on any atom is 0.231 e. The smallest absolute Gasteiger partial charge is 0.231 e. The second-order valence-corrected chi connectivity index (χ2v) is 5.10. The Hall–Kier alpha value is -2.69. The zero-order chi connectivity index (χ0) is 15.5. The van der Waals surface area contributed by atoms with Crippen molar-refractivity contribution in [2.24, 2.45) is 0 Å². The van der Waals surface area contributed by atoms with Gasteiger partial charge in [0.1, 0.15) is 0 Å². The average molecular weight is 297 g/mol. The molecule has 0 spiro atoms. The van der Waals surface area contributed by atoms with E-state index in [0.717, 1.165) is 5.69 Å². The van der Waals surface area contributed by atoms with Crippen molar-refractivity contribution >= 4 is 11.6 Å². The quantitative estimate of drug-likeness (QED) is 0.794. The van der Waals surface area contributed by atoms with Crippen LogP contribution in [0.4, 0.5) is 0 Å². The van der Waals surface area contributed by atoms with Crippen molar-refractivity contribution in [3.05, 3.63) is 53.3 Å². The van der Waals surface area contributed by atoms with E-state index in [1.807, 2.05) is 6.92 Å². The number of carbonyl (C=O) groups is 2. The third-order valence-corrected chi connectivity index (χ3v) is 3.51. The lowest BCUT2D eigenvalue weighted by atomic mass is 10.0. The molecule has 3 rings (SSSR count). The van der Waals surface area contributed by atoms with Crippen LogP contribution in [0.3, 0.4) is 0 Å². The number of rotatable bonds is 5. The molecule has 0 amide bonds. The molecular weight excluding hydrogens is 282 g/mol. The number of aryl methyl sites for hydroxylation is 1. The van der Waals surface area contributed by atoms with E-state index in [0.29, 0.717) is 22.6 Å². The van der Waals surface area contributed by atoms with Crippen LogP contribution >= 0.6 is 0 Å². The first kappa shape index (κ1) is 14.3. The second kappa shape index (κ2) is 5.97. The predicted molar refractivity (Wildman–Crippen MR) is 79.4 cm³/mol. The molecule has 5 nitrogen and oxygen atoms in total. The number of ketones is 2. The van der Waals surface area contributed by atoms with Crippen molar-refractivity contribution in [1.29, 1.82) is 0 Å². The molecule has 0 saturated heterocycles. The van der Waals surface area contributed by atoms with Gasteiger partial charge in [-0.05, 0) is 37.3 Å². The summed E-state index contributed by atoms with van der Waals surface area (Å²) in [5.41, 5.74) is 1.91. The van der Waals surface area contributed by atoms with E-state index in [1.165, 1.54) is 0 Å². The Balaban J connectivity index is 1.62. The molecule has 0 aliphatic carbocycles. The first-order valence-electron chi connectivity index (χ1n) is 7.02. The van der Waals surface area contributed by atoms with E-state index in [2.05, 4.69) is 4.98 Å². The van der Waals surface area contributed by atoms with Crippen LogP contribution in [0.1, 0.15) is 39.3 Å². The van der Waals surface area contributed by atoms with E-state index in [9.17, 15) is 9.59 Å². The van der Waals surface area contributed by atoms with Gasteiger partial charge in [0.2, 0.25) is 6.79 Å². The van der Waals surface area contributed by atoms with Gasteiger partial charge in [-0.2, -0.15) is 0 Å². The fraction of sp³-hybridized carbons (Fsp3) is 0.235. The van der Waals surface area contributed by atoms with Gasteiger partial charge in [-0.15, -0.1) is 0 Å². The predicted octanol–water partition coefficient (Wildman–Crippen LogP) is 2.96. The molecule has 2 heterocycles. The standard InChI is InChI=1S/C17H15NO4/c1-11-2-3-13(9-18-11)15(20)6-5-14(19)12-4-7-16-17(8-12)22-10-21-16/h2-4,7-9H,5-6,10H2,1H3. The lowest BCUT2D eigenvalue weighted by Crippen LogP contribution is -2.05. The van der Waals surface area contributed by atoms with Gasteiger partial charge < -0.3 is 9.47 Å². The van der Waals surface area contributed by atoms with Crippen LogP contribution in [-0.4, -0.2) is 23.3 Å². The van der Waals surface area contributed by atoms with E-state index in [4.69, 9.17) is 9.47 Å². The van der Waals surface area contributed by atoms with Gasteiger partial charge in [0.25, 0.3) is 0 Å². The molecule has 1 aliphatic heterocycles. The summed E-state index contributed by atoms with van der Waals surface area (Å²) in [5, 5.41) is 0. The zero-order valence-electron chi connectivity index (χ0n) is 12.2. The molecule has 112 valence electrons. The van der Waals surface area contributed by atoms with Gasteiger partial charge in [-0.3, -0.25) is 14.6 Å². The molecule has 22 heavy (non-hydrogen) atoms. The molecule has 0 radical (unpaired) electrons. The maximum absolute atomic E-state index is 12.2. The molecule has 1 aliphatic rings. The van der Waals surface area contributed by atoms with Crippen LogP contribution in [0.2, 0.25) is 0 Å². The molecule has 5 heteroatoms. The summed E-state index contributed by atoms with van der Waals surface area (Å²) in [6.07, 6.45) is 1.87. The number of hydrogen-bond acceptors (Lipinski definition) is 5. The summed E-state index contributed by atoms with van der Waals surface area (Å²) < 4.78 is 10.4. The summed E-state index contributed by atoms with van der Waals surface area (Å²) in [4.78, 5) is 28.3. The number of benzene rings is 1. The Morgan fingerprint density at radius 3 is 2.41 bits per heavy atom. The lowest BCUT2D eigenvalue weighted by molar-refractivity contribution is 0.0917. The molecule has 1 aromatic carbocycles. The highest BCUT2D eigenvalue weighted by atomic mass is 16.7. The van der Waals surface area contributed by atoms with Crippen molar-refractivity contribution in [3.8, 4) is 11.5 Å². The van der Waals surface area contributed by atoms with E-state index in [1.54, 1.807) is 36.5 Å². The average Bonchev–Trinajstić information content (AvgIpc) is 3.00. The molecule has 0 N–H and O–H groups in total. The van der Waals surface area contributed by atoms with E-state index in [-0.39, 0.29) is 31.2 Å². The number of aromatic nitrogens is 1. The minimum absolute atomic E-state index is 0.0819. The number of nitrogens with zero attached hydrogens (tertiary/aromatic N) is 1. The van der Waals surface area contributed by atoms with E-state index >= 15 is 0 Å². The normalized spacial score (nSPS) is 12.2. The molecule has 0 fully saturated rings. The maximum atomic E-state index is 12.2. The molecule has 2 aromatic rings. The SMILES string of the molecule is Cc1ccc(C(=O)CCC(=O)c2ccc3c(c2)OCO3)cn1. The number of hydrogen-bond donors (Lipinski definition) is 0. The van der Waals surface area contributed by atoms with Gasteiger partial charge in [0.15, 0.2) is 23.1 Å². The topological polar surface area (TPSA) is 65.5 Å². The van der Waals surface area contributed by atoms with Gasteiger partial charge in [0, 0.05) is 35.9 Å². The van der Waals surface area contributed by atoms with Gasteiger partial charge >= 0.3 is 0 Å². The Labute approximate surface area is 127 Å². The summed E-state index contributed by atoms with van der Waals surface area (Å²) in [5.74, 6) is 1.03. The molecule has 1 aromatic heterocycles. The molecule has 0 unspecified atom stereocenters. The van der Waals surface area contributed by atoms with Crippen molar-refractivity contribution in [3.63, 3.8) is 0 Å². The number of pyridine rings is 1. The van der Waals surface area contributed by atoms with Crippen molar-refractivity contribution in [2.75, 3.05) is 6.79 Å². The van der Waals surface area contributed by atoms with Crippen LogP contribution in [0, 0.1) is 6.92 Å². The van der Waals surface area contributed by atoms with E-state index < -0.39 is 0 Å². The van der Waals surface area contributed by atoms with Crippen LogP contribution < -0.4 is 9.47 Å². The van der Waals surface area contributed by atoms with Crippen LogP contribution in [-0.2, 0) is 0 Å². The fourth-order valence-electron chi connectivity index (χ4n) is 2.22. The third kappa shape index (κ3) is 2.98. The van der Waals surface area contributed by atoms with Gasteiger partial charge in [0.05, 0.1) is 0 Å². The summed E-state index contributed by atoms with van der Waals surface area (Å²) in [6.45, 7) is 2.03. The minimum Gasteiger partial charge on any atom is -0.454 e. The Morgan fingerprint density at radius 1 is 1.00 bits per heavy atom. The van der Waals surface area contributed by atoms with Crippen molar-refractivity contribution < 1.29 is 19.1 Å². The highest BCUT2D eigenvalue weighted by Crippen LogP contribution is 2.32. The highest BCUT2D eigenvalue weighted by Gasteiger charge is 2.17. The lowest BCUT2D eigenvalue weighted by Gasteiger charge is -2.03. The van der Waals surface area contributed by atoms with Crippen LogP contribution in [0.15, 0.2) is 36.5 Å². The number of carbonyl (C=O) groups excluding carboxylic acids is 2. The first-order valence-corrected chi connectivity index (χ1v) is 7.02. The molecule has 0 saturated carbocycles. The number of Topliss-reactive ketones (excluding diaryl/α,β-unsaturated/α-hetero) is 2. The number of fused-ring (bicyclic) bond motifs is 1. The van der Waals surface area contributed by atoms with Gasteiger partial charge in [-0.1, -0.05) is 0 Å². The first-order chi connectivity index (χ1) is 10.6. The largest absolute Gasteiger partial charge is 0.454 e. The Morgan fingerprint density at radius 2 is 1.68 bits per heavy atom. The third-order valence-electron chi connectivity index (χ3n) is 3.51. The Kier molecular flexibility index (Phi) is 3.87. The van der Waals surface area contributed by atoms with Crippen molar-refractivity contribution in [2.45, 2.75) is 19.8 Å². The fourth-order valence-corrected chi connectivity index (χ4v) is 2.22. The van der Waals surface area contributed by atoms with Crippen LogP contribution in [0.25, 0.3) is 0 Å². The number of ether oxygens (including phenoxy) is 2. The summed E-state index contributed by atoms with van der Waals surface area (Å²) >= 11 is 0. The molecule has 0 atom stereocenters. The molecule has 0 bridgehead atoms. The highest BCUT2D eigenvalue weighted by molar-refractivity contribution is 6.02. The van der Waals surface area contributed by atoms with Gasteiger partial charge in [-0.25, -0.2) is 0 Å². The summed E-state index contributed by atoms with van der Waals surface area (Å²) in [6, 6.07) is 8.57. The van der Waals surface area contributed by atoms with Crippen LogP contribution in [0.5, 0.6) is 11.5 Å². The molecular formula is C17H15NO4.